The Labute approximate surface area is 258 Å². The number of phenolic OH excluding ortho intramolecular Hbond substituents is 2. The highest BCUT2D eigenvalue weighted by Gasteiger charge is 2.25. The van der Waals surface area contributed by atoms with Crippen LogP contribution in [0.3, 0.4) is 0 Å². The summed E-state index contributed by atoms with van der Waals surface area (Å²) >= 11 is 0. The first-order valence-electron chi connectivity index (χ1n) is 12.3. The fraction of sp³-hybridized carbons (Fsp3) is 0.0370. The number of azo groups is 2. The van der Waals surface area contributed by atoms with Gasteiger partial charge in [0, 0.05) is 5.56 Å². The van der Waals surface area contributed by atoms with Crippen LogP contribution >= 0.6 is 0 Å². The van der Waals surface area contributed by atoms with Crippen LogP contribution in [0.4, 0.5) is 22.7 Å². The molecule has 0 aromatic heterocycles. The SMILES string of the molecule is O=C(O)c1cc(S(=O)(=O)O)ccc1N=Nc1cc(C(O)c2ccccc2)c(O)c(N=Nc2ccc(S(=O)(=O)O)cc2C(=O)O)c1O. The van der Waals surface area contributed by atoms with Crippen molar-refractivity contribution in [3.63, 3.8) is 0 Å². The summed E-state index contributed by atoms with van der Waals surface area (Å²) in [6.45, 7) is 0. The highest BCUT2D eigenvalue weighted by atomic mass is 32.2. The lowest BCUT2D eigenvalue weighted by molar-refractivity contribution is 0.0686. The van der Waals surface area contributed by atoms with E-state index in [1.165, 1.54) is 12.1 Å². The normalized spacial score (nSPS) is 12.8. The van der Waals surface area contributed by atoms with Crippen LogP contribution in [0.5, 0.6) is 11.5 Å². The van der Waals surface area contributed by atoms with Crippen LogP contribution in [0.1, 0.15) is 37.9 Å². The van der Waals surface area contributed by atoms with Gasteiger partial charge in [-0.15, -0.1) is 20.5 Å². The lowest BCUT2D eigenvalue weighted by atomic mass is 9.99. The van der Waals surface area contributed by atoms with Gasteiger partial charge in [0.2, 0.25) is 0 Å². The van der Waals surface area contributed by atoms with Crippen LogP contribution < -0.4 is 0 Å². The molecule has 0 amide bonds. The zero-order valence-corrected chi connectivity index (χ0v) is 24.3. The minimum atomic E-state index is -4.80. The van der Waals surface area contributed by atoms with E-state index in [9.17, 15) is 61.1 Å². The summed E-state index contributed by atoms with van der Waals surface area (Å²) in [4.78, 5) is 22.0. The molecule has 0 saturated heterocycles. The lowest BCUT2D eigenvalue weighted by Gasteiger charge is -2.16. The average molecular weight is 673 g/mol. The van der Waals surface area contributed by atoms with E-state index in [1.807, 2.05) is 0 Å². The lowest BCUT2D eigenvalue weighted by Crippen LogP contribution is -2.03. The number of carboxylic acids is 2. The van der Waals surface area contributed by atoms with Crippen molar-refractivity contribution in [2.24, 2.45) is 20.5 Å². The molecule has 0 aliphatic carbocycles. The molecule has 0 radical (unpaired) electrons. The van der Waals surface area contributed by atoms with Crippen molar-refractivity contribution in [3.8, 4) is 11.5 Å². The molecule has 4 rings (SSSR count). The molecule has 4 aromatic carbocycles. The number of aliphatic hydroxyl groups excluding tert-OH is 1. The van der Waals surface area contributed by atoms with Crippen LogP contribution in [0.2, 0.25) is 0 Å². The number of aliphatic hydroxyl groups is 1. The molecule has 7 N–H and O–H groups in total. The average Bonchev–Trinajstić information content (AvgIpc) is 2.99. The molecule has 4 aromatic rings. The number of phenols is 2. The van der Waals surface area contributed by atoms with Crippen molar-refractivity contribution >= 4 is 54.9 Å². The molecule has 19 heteroatoms. The maximum atomic E-state index is 11.7. The first-order valence-corrected chi connectivity index (χ1v) is 15.2. The van der Waals surface area contributed by atoms with E-state index in [0.717, 1.165) is 30.3 Å². The molecule has 0 aliphatic rings. The molecule has 238 valence electrons. The fourth-order valence-electron chi connectivity index (χ4n) is 3.93. The van der Waals surface area contributed by atoms with Crippen molar-refractivity contribution in [3.05, 3.63) is 95.1 Å². The third-order valence-electron chi connectivity index (χ3n) is 6.18. The molecule has 0 aliphatic heterocycles. The fourth-order valence-corrected chi connectivity index (χ4v) is 4.94. The van der Waals surface area contributed by atoms with Crippen LogP contribution in [0, 0.1) is 0 Å². The second-order valence-corrected chi connectivity index (χ2v) is 12.0. The number of hydrogen-bond acceptors (Lipinski definition) is 13. The molecule has 17 nitrogen and oxygen atoms in total. The van der Waals surface area contributed by atoms with Crippen molar-refractivity contribution in [1.29, 1.82) is 0 Å². The predicted molar refractivity (Wildman–Crippen MR) is 155 cm³/mol. The molecular weight excluding hydrogens is 652 g/mol. The van der Waals surface area contributed by atoms with Crippen molar-refractivity contribution in [2.75, 3.05) is 0 Å². The Hall–Kier alpha value is -5.60. The van der Waals surface area contributed by atoms with Crippen molar-refractivity contribution in [1.82, 2.24) is 0 Å². The van der Waals surface area contributed by atoms with E-state index in [2.05, 4.69) is 20.5 Å². The molecule has 1 atom stereocenters. The summed E-state index contributed by atoms with van der Waals surface area (Å²) in [6, 6.07) is 13.4. The monoisotopic (exact) mass is 672 g/mol. The quantitative estimate of drug-likeness (QED) is 0.0872. The smallest absolute Gasteiger partial charge is 0.338 e. The van der Waals surface area contributed by atoms with Crippen molar-refractivity contribution in [2.45, 2.75) is 15.9 Å². The second kappa shape index (κ2) is 12.8. The summed E-state index contributed by atoms with van der Waals surface area (Å²) in [6.07, 6.45) is -1.59. The van der Waals surface area contributed by atoms with Gasteiger partial charge in [0.15, 0.2) is 17.2 Å². The number of aromatic carboxylic acids is 2. The Morgan fingerprint density at radius 2 is 1.07 bits per heavy atom. The summed E-state index contributed by atoms with van der Waals surface area (Å²) in [5, 5.41) is 66.9. The van der Waals surface area contributed by atoms with E-state index >= 15 is 0 Å². The number of carboxylic acid groups (broad SMARTS) is 2. The molecule has 46 heavy (non-hydrogen) atoms. The first-order chi connectivity index (χ1) is 21.5. The van der Waals surface area contributed by atoms with E-state index < -0.39 is 93.4 Å². The zero-order chi connectivity index (χ0) is 34.0. The molecule has 0 fully saturated rings. The number of rotatable bonds is 10. The first kappa shape index (κ1) is 33.3. The maximum absolute atomic E-state index is 11.7. The highest BCUT2D eigenvalue weighted by molar-refractivity contribution is 7.86. The Morgan fingerprint density at radius 1 is 0.609 bits per heavy atom. The van der Waals surface area contributed by atoms with Gasteiger partial charge in [0.05, 0.1) is 20.9 Å². The van der Waals surface area contributed by atoms with Crippen molar-refractivity contribution < 1.29 is 61.1 Å². The second-order valence-electron chi connectivity index (χ2n) is 9.16. The van der Waals surface area contributed by atoms with E-state index in [0.29, 0.717) is 12.1 Å². The standard InChI is InChI=1S/C27H20N4O13S2/c32-23(13-4-2-1-3-5-13)18-12-21(30-28-19-8-6-14(45(39,40)41)10-16(19)26(35)36)25(34)22(24(18)33)31-29-20-9-7-15(46(42,43)44)11-17(20)27(37)38/h1-12,23,32-34H,(H,35,36)(H,37,38)(H,39,40,41)(H,42,43,44). The van der Waals surface area contributed by atoms with Gasteiger partial charge in [0.1, 0.15) is 23.2 Å². The topological polar surface area (TPSA) is 293 Å². The third-order valence-corrected chi connectivity index (χ3v) is 7.88. The van der Waals surface area contributed by atoms with Gasteiger partial charge >= 0.3 is 11.9 Å². The molecule has 0 heterocycles. The largest absolute Gasteiger partial charge is 0.505 e. The number of aromatic hydroxyl groups is 2. The molecule has 0 saturated carbocycles. The van der Waals surface area contributed by atoms with Gasteiger partial charge in [-0.2, -0.15) is 16.8 Å². The van der Waals surface area contributed by atoms with E-state index in [-0.39, 0.29) is 11.1 Å². The predicted octanol–water partition coefficient (Wildman–Crippen LogP) is 4.90. The maximum Gasteiger partial charge on any atom is 0.338 e. The summed E-state index contributed by atoms with van der Waals surface area (Å²) in [7, 11) is -9.58. The Balaban J connectivity index is 1.90. The van der Waals surface area contributed by atoms with Gasteiger partial charge in [0.25, 0.3) is 20.2 Å². The summed E-state index contributed by atoms with van der Waals surface area (Å²) < 4.78 is 64.3. The van der Waals surface area contributed by atoms with Gasteiger partial charge in [-0.05, 0) is 48.0 Å². The van der Waals surface area contributed by atoms with Crippen LogP contribution in [-0.2, 0) is 20.2 Å². The minimum Gasteiger partial charge on any atom is -0.505 e. The number of hydrogen-bond donors (Lipinski definition) is 7. The number of nitrogens with zero attached hydrogens (tertiary/aromatic N) is 4. The minimum absolute atomic E-state index is 0.247. The Kier molecular flexibility index (Phi) is 9.26. The highest BCUT2D eigenvalue weighted by Crippen LogP contribution is 2.49. The van der Waals surface area contributed by atoms with Crippen LogP contribution in [0.25, 0.3) is 0 Å². The van der Waals surface area contributed by atoms with Gasteiger partial charge in [-0.25, -0.2) is 9.59 Å². The zero-order valence-electron chi connectivity index (χ0n) is 22.7. The summed E-state index contributed by atoms with van der Waals surface area (Å²) in [5.41, 5.74) is -3.77. The molecule has 0 spiro atoms. The van der Waals surface area contributed by atoms with Crippen LogP contribution in [0.15, 0.2) is 103 Å². The van der Waals surface area contributed by atoms with Crippen LogP contribution in [-0.4, -0.2) is 63.4 Å². The molecule has 0 bridgehead atoms. The molecule has 1 unspecified atom stereocenters. The number of carbonyl (C=O) groups is 2. The van der Waals surface area contributed by atoms with E-state index in [4.69, 9.17) is 0 Å². The van der Waals surface area contributed by atoms with Gasteiger partial charge in [-0.3, -0.25) is 9.11 Å². The van der Waals surface area contributed by atoms with Gasteiger partial charge in [-0.1, -0.05) is 30.3 Å². The molecular formula is C27H20N4O13S2. The third kappa shape index (κ3) is 7.20. The van der Waals surface area contributed by atoms with E-state index in [1.54, 1.807) is 18.2 Å². The van der Waals surface area contributed by atoms with Gasteiger partial charge < -0.3 is 25.5 Å². The Morgan fingerprint density at radius 3 is 1.52 bits per heavy atom. The summed E-state index contributed by atoms with van der Waals surface area (Å²) in [5.74, 6) is -5.14. The Bertz CT molecular complexity index is 2150. The number of benzene rings is 4.